The molecule has 0 aliphatic heterocycles. The van der Waals surface area contributed by atoms with E-state index in [-0.39, 0.29) is 17.8 Å². The number of nitrogens with two attached hydrogens (primary N) is 1. The number of rotatable bonds is 3. The summed E-state index contributed by atoms with van der Waals surface area (Å²) < 4.78 is 5.51. The molecule has 0 atom stereocenters. The van der Waals surface area contributed by atoms with Gasteiger partial charge in [-0.05, 0) is 55.5 Å². The van der Waals surface area contributed by atoms with Crippen LogP contribution < -0.4 is 16.4 Å². The first kappa shape index (κ1) is 17.2. The van der Waals surface area contributed by atoms with Crippen molar-refractivity contribution < 1.29 is 14.0 Å². The van der Waals surface area contributed by atoms with Gasteiger partial charge in [-0.3, -0.25) is 14.9 Å². The highest BCUT2D eigenvalue weighted by Gasteiger charge is 2.08. The first-order valence-electron chi connectivity index (χ1n) is 7.94. The summed E-state index contributed by atoms with van der Waals surface area (Å²) in [6, 6.07) is 13.7. The lowest BCUT2D eigenvalue weighted by atomic mass is 10.2. The second kappa shape index (κ2) is 7.10. The molecule has 4 N–H and O–H groups in total. The molecule has 2 amide bonds. The van der Waals surface area contributed by atoms with Crippen LogP contribution in [0.15, 0.2) is 57.9 Å². The maximum Gasteiger partial charge on any atom is 0.257 e. The number of benzene rings is 2. The fourth-order valence-electron chi connectivity index (χ4n) is 2.50. The van der Waals surface area contributed by atoms with Gasteiger partial charge in [-0.15, -0.1) is 0 Å². The Morgan fingerprint density at radius 2 is 1.81 bits per heavy atom. The van der Waals surface area contributed by atoms with Crippen molar-refractivity contribution in [3.8, 4) is 0 Å². The summed E-state index contributed by atoms with van der Waals surface area (Å²) in [4.78, 5) is 27.4. The van der Waals surface area contributed by atoms with Gasteiger partial charge in [0.05, 0.1) is 5.69 Å². The number of nitrogens with zero attached hydrogens (tertiary/aromatic N) is 1. The Kier molecular flexibility index (Phi) is 4.70. The highest BCUT2D eigenvalue weighted by atomic mass is 16.3. The number of nitrogens with one attached hydrogen (secondary N) is 2. The summed E-state index contributed by atoms with van der Waals surface area (Å²) >= 11 is 0. The maximum absolute atomic E-state index is 12.2. The van der Waals surface area contributed by atoms with Crippen molar-refractivity contribution in [2.24, 2.45) is 10.7 Å². The molecule has 0 radical (unpaired) electrons. The number of amides is 2. The summed E-state index contributed by atoms with van der Waals surface area (Å²) in [7, 11) is 0. The highest BCUT2D eigenvalue weighted by molar-refractivity contribution is 6.06. The van der Waals surface area contributed by atoms with Crippen LogP contribution in [0.5, 0.6) is 0 Å². The van der Waals surface area contributed by atoms with Crippen molar-refractivity contribution in [2.45, 2.75) is 13.8 Å². The third-order valence-corrected chi connectivity index (χ3v) is 3.58. The van der Waals surface area contributed by atoms with Crippen LogP contribution in [0.25, 0.3) is 11.0 Å². The van der Waals surface area contributed by atoms with Crippen LogP contribution in [-0.4, -0.2) is 17.8 Å². The summed E-state index contributed by atoms with van der Waals surface area (Å²) in [5.74, 6) is 0.231. The molecule has 0 bridgehead atoms. The van der Waals surface area contributed by atoms with E-state index < -0.39 is 0 Å². The lowest BCUT2D eigenvalue weighted by Crippen LogP contribution is -2.36. The fraction of sp³-hybridized carbons (Fsp3) is 0.105. The van der Waals surface area contributed by atoms with Crippen LogP contribution >= 0.6 is 0 Å². The number of carbonyl (C=O) groups excluding carboxylic acids is 2. The number of fused-ring (bicyclic) bond motifs is 1. The number of guanidine groups is 1. The quantitative estimate of drug-likeness (QED) is 0.498. The normalized spacial score (nSPS) is 11.4. The number of furan rings is 1. The van der Waals surface area contributed by atoms with Crippen LogP contribution in [0, 0.1) is 6.92 Å². The number of carbonyl (C=O) groups is 2. The molecule has 0 aliphatic rings. The molecule has 3 rings (SSSR count). The van der Waals surface area contributed by atoms with Gasteiger partial charge in [0.1, 0.15) is 11.3 Å². The predicted molar refractivity (Wildman–Crippen MR) is 100 cm³/mol. The molecule has 0 aliphatic carbocycles. The smallest absolute Gasteiger partial charge is 0.257 e. The van der Waals surface area contributed by atoms with E-state index >= 15 is 0 Å². The van der Waals surface area contributed by atoms with E-state index in [1.165, 1.54) is 6.92 Å². The average Bonchev–Trinajstić information content (AvgIpc) is 2.94. The first-order valence-corrected chi connectivity index (χ1v) is 7.94. The van der Waals surface area contributed by atoms with Crippen LogP contribution in [0.4, 0.5) is 11.4 Å². The zero-order valence-electron chi connectivity index (χ0n) is 14.4. The number of hydrogen-bond donors (Lipinski definition) is 3. The number of hydrogen-bond acceptors (Lipinski definition) is 4. The Morgan fingerprint density at radius 3 is 2.50 bits per heavy atom. The maximum atomic E-state index is 12.2. The van der Waals surface area contributed by atoms with E-state index in [0.29, 0.717) is 16.9 Å². The largest absolute Gasteiger partial charge is 0.461 e. The first-order chi connectivity index (χ1) is 12.4. The number of anilines is 1. The molecule has 132 valence electrons. The van der Waals surface area contributed by atoms with E-state index in [1.54, 1.807) is 36.4 Å². The van der Waals surface area contributed by atoms with Gasteiger partial charge in [0, 0.05) is 23.6 Å². The van der Waals surface area contributed by atoms with Gasteiger partial charge >= 0.3 is 0 Å². The minimum atomic E-state index is -0.388. The SMILES string of the molecule is CC(=O)Nc1ccc(C(=O)NC(N)=Nc2ccc3oc(C)cc3c2)cc1. The van der Waals surface area contributed by atoms with Crippen LogP contribution in [0.1, 0.15) is 23.0 Å². The predicted octanol–water partition coefficient (Wildman–Crippen LogP) is 3.08. The third kappa shape index (κ3) is 4.07. The number of aliphatic imine (C=N–C) groups is 1. The van der Waals surface area contributed by atoms with E-state index in [1.807, 2.05) is 19.1 Å². The number of aryl methyl sites for hydroxylation is 1. The summed E-state index contributed by atoms with van der Waals surface area (Å²) in [6.07, 6.45) is 0. The Labute approximate surface area is 149 Å². The highest BCUT2D eigenvalue weighted by Crippen LogP contribution is 2.24. The molecule has 0 fully saturated rings. The molecule has 3 aromatic rings. The second-order valence-corrected chi connectivity index (χ2v) is 5.79. The van der Waals surface area contributed by atoms with Crippen LogP contribution in [0.2, 0.25) is 0 Å². The topological polar surface area (TPSA) is 110 Å². The third-order valence-electron chi connectivity index (χ3n) is 3.58. The van der Waals surface area contributed by atoms with Gasteiger partial charge < -0.3 is 15.5 Å². The van der Waals surface area contributed by atoms with Crippen LogP contribution in [-0.2, 0) is 4.79 Å². The van der Waals surface area contributed by atoms with Crippen molar-refractivity contribution in [3.05, 3.63) is 59.9 Å². The Balaban J connectivity index is 1.70. The molecule has 0 saturated carbocycles. The van der Waals surface area contributed by atoms with E-state index in [0.717, 1.165) is 16.7 Å². The Morgan fingerprint density at radius 1 is 1.08 bits per heavy atom. The molecule has 0 spiro atoms. The summed E-state index contributed by atoms with van der Waals surface area (Å²) in [5, 5.41) is 6.08. The molecule has 2 aromatic carbocycles. The van der Waals surface area contributed by atoms with Gasteiger partial charge in [0.15, 0.2) is 0 Å². The van der Waals surface area contributed by atoms with Gasteiger partial charge in [0.25, 0.3) is 5.91 Å². The van der Waals surface area contributed by atoms with Gasteiger partial charge in [0.2, 0.25) is 11.9 Å². The summed E-state index contributed by atoms with van der Waals surface area (Å²) in [6.45, 7) is 3.29. The minimum absolute atomic E-state index is 0.0134. The van der Waals surface area contributed by atoms with Gasteiger partial charge in [-0.1, -0.05) is 0 Å². The van der Waals surface area contributed by atoms with Gasteiger partial charge in [-0.2, -0.15) is 0 Å². The molecule has 0 unspecified atom stereocenters. The van der Waals surface area contributed by atoms with Crippen LogP contribution in [0.3, 0.4) is 0 Å². The van der Waals surface area contributed by atoms with Gasteiger partial charge in [-0.25, -0.2) is 4.99 Å². The monoisotopic (exact) mass is 350 g/mol. The van der Waals surface area contributed by atoms with E-state index in [4.69, 9.17) is 10.2 Å². The van der Waals surface area contributed by atoms with Crippen molar-refractivity contribution in [3.63, 3.8) is 0 Å². The Bertz CT molecular complexity index is 1000. The molecule has 7 nitrogen and oxygen atoms in total. The zero-order valence-corrected chi connectivity index (χ0v) is 14.4. The molecule has 1 aromatic heterocycles. The fourth-order valence-corrected chi connectivity index (χ4v) is 2.50. The standard InChI is InChI=1S/C19H18N4O3/c1-11-9-14-10-16(7-8-17(14)26-11)22-19(20)23-18(25)13-3-5-15(6-4-13)21-12(2)24/h3-10H,1-2H3,(H,21,24)(H3,20,22,23,25). The zero-order chi connectivity index (χ0) is 18.7. The molecule has 26 heavy (non-hydrogen) atoms. The minimum Gasteiger partial charge on any atom is -0.461 e. The Hall–Kier alpha value is -3.61. The molecule has 0 saturated heterocycles. The van der Waals surface area contributed by atoms with Crippen molar-refractivity contribution in [1.82, 2.24) is 5.32 Å². The van der Waals surface area contributed by atoms with E-state index in [2.05, 4.69) is 15.6 Å². The molecule has 1 heterocycles. The second-order valence-electron chi connectivity index (χ2n) is 5.79. The molecular formula is C19H18N4O3. The van der Waals surface area contributed by atoms with E-state index in [9.17, 15) is 9.59 Å². The van der Waals surface area contributed by atoms with Crippen molar-refractivity contribution in [1.29, 1.82) is 0 Å². The molecular weight excluding hydrogens is 332 g/mol. The average molecular weight is 350 g/mol. The lowest BCUT2D eigenvalue weighted by Gasteiger charge is -2.06. The summed E-state index contributed by atoms with van der Waals surface area (Å²) in [5.41, 5.74) is 8.21. The van der Waals surface area contributed by atoms with Crippen molar-refractivity contribution in [2.75, 3.05) is 5.32 Å². The lowest BCUT2D eigenvalue weighted by molar-refractivity contribution is -0.114. The molecule has 7 heteroatoms. The van der Waals surface area contributed by atoms with Crippen molar-refractivity contribution >= 4 is 40.1 Å².